The lowest BCUT2D eigenvalue weighted by molar-refractivity contribution is 0.114. The molecule has 0 spiro atoms. The molecular formula is C20H30Cl2N4O2. The molecular weight excluding hydrogens is 399 g/mol. The van der Waals surface area contributed by atoms with Gasteiger partial charge in [0.25, 0.3) is 0 Å². The Balaban J connectivity index is 1.81. The lowest BCUT2D eigenvalue weighted by Gasteiger charge is -2.32. The van der Waals surface area contributed by atoms with E-state index in [0.717, 1.165) is 39.0 Å². The number of aliphatic hydroxyl groups is 1. The fraction of sp³-hybridized carbons (Fsp3) is 0.550. The summed E-state index contributed by atoms with van der Waals surface area (Å²) in [5.74, 6) is 1.16. The monoisotopic (exact) mass is 428 g/mol. The van der Waals surface area contributed by atoms with Crippen LogP contribution in [0.1, 0.15) is 19.8 Å². The Morgan fingerprint density at radius 2 is 2.18 bits per heavy atom. The first-order chi connectivity index (χ1) is 13.5. The van der Waals surface area contributed by atoms with Gasteiger partial charge in [0, 0.05) is 32.2 Å². The molecule has 1 fully saturated rings. The van der Waals surface area contributed by atoms with Crippen LogP contribution in [0.5, 0.6) is 5.75 Å². The zero-order chi connectivity index (χ0) is 20.4. The number of hydrogen-bond donors (Lipinski definition) is 3. The van der Waals surface area contributed by atoms with Crippen LogP contribution in [0.3, 0.4) is 0 Å². The van der Waals surface area contributed by atoms with Crippen molar-refractivity contribution in [2.24, 2.45) is 4.99 Å². The number of rotatable bonds is 9. The zero-order valence-corrected chi connectivity index (χ0v) is 17.8. The van der Waals surface area contributed by atoms with Crippen molar-refractivity contribution in [2.45, 2.75) is 31.9 Å². The summed E-state index contributed by atoms with van der Waals surface area (Å²) in [6, 6.07) is 5.53. The maximum atomic E-state index is 10.2. The normalized spacial score (nSPS) is 17.2. The molecule has 1 aliphatic rings. The van der Waals surface area contributed by atoms with Crippen LogP contribution in [0, 0.1) is 0 Å². The van der Waals surface area contributed by atoms with E-state index < -0.39 is 6.10 Å². The highest BCUT2D eigenvalue weighted by Crippen LogP contribution is 2.31. The molecule has 0 radical (unpaired) electrons. The standard InChI is InChI=1S/C20H30Cl2N4O2/c1-3-10-26-11-8-15(9-12-26)25-20(23-4-2)24-13-16(27)14-28-18-7-5-6-17(21)19(18)22/h3,5-7,15-16,27H,1,4,8-14H2,2H3,(H2,23,24,25). The second-order valence-electron chi connectivity index (χ2n) is 6.74. The topological polar surface area (TPSA) is 69.1 Å². The van der Waals surface area contributed by atoms with E-state index in [-0.39, 0.29) is 13.2 Å². The van der Waals surface area contributed by atoms with Crippen molar-refractivity contribution in [3.05, 3.63) is 40.9 Å². The summed E-state index contributed by atoms with van der Waals surface area (Å²) < 4.78 is 5.57. The van der Waals surface area contributed by atoms with Gasteiger partial charge in [0.15, 0.2) is 5.96 Å². The molecule has 0 aliphatic carbocycles. The number of aliphatic imine (C=N–C) groups is 1. The molecule has 0 aromatic heterocycles. The minimum Gasteiger partial charge on any atom is -0.489 e. The average molecular weight is 429 g/mol. The molecule has 1 unspecified atom stereocenters. The van der Waals surface area contributed by atoms with Gasteiger partial charge < -0.3 is 20.5 Å². The van der Waals surface area contributed by atoms with Crippen LogP contribution in [0.4, 0.5) is 0 Å². The molecule has 1 saturated heterocycles. The molecule has 3 N–H and O–H groups in total. The highest BCUT2D eigenvalue weighted by molar-refractivity contribution is 6.42. The van der Waals surface area contributed by atoms with E-state index in [1.165, 1.54) is 0 Å². The van der Waals surface area contributed by atoms with Gasteiger partial charge in [-0.3, -0.25) is 9.89 Å². The maximum absolute atomic E-state index is 10.2. The van der Waals surface area contributed by atoms with Crippen molar-refractivity contribution in [3.63, 3.8) is 0 Å². The molecule has 1 heterocycles. The highest BCUT2D eigenvalue weighted by Gasteiger charge is 2.19. The molecule has 0 amide bonds. The van der Waals surface area contributed by atoms with Gasteiger partial charge in [-0.1, -0.05) is 35.3 Å². The lowest BCUT2D eigenvalue weighted by Crippen LogP contribution is -2.49. The Bertz CT molecular complexity index is 649. The summed E-state index contributed by atoms with van der Waals surface area (Å²) >= 11 is 12.1. The fourth-order valence-electron chi connectivity index (χ4n) is 2.99. The Morgan fingerprint density at radius 3 is 2.86 bits per heavy atom. The van der Waals surface area contributed by atoms with E-state index in [0.29, 0.717) is 27.8 Å². The van der Waals surface area contributed by atoms with Crippen LogP contribution in [0.25, 0.3) is 0 Å². The quantitative estimate of drug-likeness (QED) is 0.320. The number of likely N-dealkylation sites (tertiary alicyclic amines) is 1. The maximum Gasteiger partial charge on any atom is 0.191 e. The van der Waals surface area contributed by atoms with Gasteiger partial charge in [0.2, 0.25) is 0 Å². The van der Waals surface area contributed by atoms with Crippen LogP contribution >= 0.6 is 23.2 Å². The van der Waals surface area contributed by atoms with E-state index in [2.05, 4.69) is 27.1 Å². The van der Waals surface area contributed by atoms with Gasteiger partial charge in [-0.05, 0) is 31.9 Å². The van der Waals surface area contributed by atoms with Crippen LogP contribution in [0.15, 0.2) is 35.8 Å². The van der Waals surface area contributed by atoms with Crippen molar-refractivity contribution < 1.29 is 9.84 Å². The van der Waals surface area contributed by atoms with Gasteiger partial charge in [-0.2, -0.15) is 0 Å². The van der Waals surface area contributed by atoms with Gasteiger partial charge >= 0.3 is 0 Å². The number of nitrogens with one attached hydrogen (secondary N) is 2. The minimum absolute atomic E-state index is 0.0862. The summed E-state index contributed by atoms with van der Waals surface area (Å²) in [5, 5.41) is 17.7. The van der Waals surface area contributed by atoms with Gasteiger partial charge in [0.05, 0.1) is 11.6 Å². The molecule has 1 aromatic rings. The van der Waals surface area contributed by atoms with Crippen molar-refractivity contribution in [1.29, 1.82) is 0 Å². The molecule has 0 bridgehead atoms. The third kappa shape index (κ3) is 7.51. The molecule has 156 valence electrons. The van der Waals surface area contributed by atoms with Crippen LogP contribution in [-0.2, 0) is 0 Å². The number of aliphatic hydroxyl groups excluding tert-OH is 1. The van der Waals surface area contributed by atoms with Crippen molar-refractivity contribution >= 4 is 29.2 Å². The van der Waals surface area contributed by atoms with Crippen LogP contribution < -0.4 is 15.4 Å². The lowest BCUT2D eigenvalue weighted by atomic mass is 10.1. The Hall–Kier alpha value is -1.47. The first-order valence-corrected chi connectivity index (χ1v) is 10.4. The third-order valence-corrected chi connectivity index (χ3v) is 5.27. The summed E-state index contributed by atoms with van der Waals surface area (Å²) in [5.41, 5.74) is 0. The van der Waals surface area contributed by atoms with Gasteiger partial charge in [-0.15, -0.1) is 6.58 Å². The highest BCUT2D eigenvalue weighted by atomic mass is 35.5. The van der Waals surface area contributed by atoms with E-state index in [1.807, 2.05) is 13.0 Å². The van der Waals surface area contributed by atoms with Crippen LogP contribution in [-0.4, -0.2) is 67.4 Å². The van der Waals surface area contributed by atoms with E-state index >= 15 is 0 Å². The van der Waals surface area contributed by atoms with Crippen molar-refractivity contribution in [2.75, 3.05) is 39.3 Å². The smallest absolute Gasteiger partial charge is 0.191 e. The predicted octanol–water partition coefficient (Wildman–Crippen LogP) is 2.94. The summed E-state index contributed by atoms with van der Waals surface area (Å²) in [6.07, 6.45) is 3.30. The Kier molecular flexibility index (Phi) is 9.92. The molecule has 1 atom stereocenters. The number of benzene rings is 1. The number of halogens is 2. The van der Waals surface area contributed by atoms with Crippen molar-refractivity contribution in [1.82, 2.24) is 15.5 Å². The molecule has 1 aromatic carbocycles. The molecule has 1 aliphatic heterocycles. The predicted molar refractivity (Wildman–Crippen MR) is 117 cm³/mol. The number of hydrogen-bond acceptors (Lipinski definition) is 4. The van der Waals surface area contributed by atoms with Crippen LogP contribution in [0.2, 0.25) is 10.0 Å². The van der Waals surface area contributed by atoms with Gasteiger partial charge in [-0.25, -0.2) is 0 Å². The molecule has 0 saturated carbocycles. The molecule has 2 rings (SSSR count). The molecule has 28 heavy (non-hydrogen) atoms. The molecule has 6 nitrogen and oxygen atoms in total. The third-order valence-electron chi connectivity index (χ3n) is 4.47. The van der Waals surface area contributed by atoms with Gasteiger partial charge in [0.1, 0.15) is 23.5 Å². The van der Waals surface area contributed by atoms with E-state index in [9.17, 15) is 5.11 Å². The average Bonchev–Trinajstić information content (AvgIpc) is 2.69. The number of ether oxygens (including phenoxy) is 1. The summed E-state index contributed by atoms with van der Waals surface area (Å²) in [7, 11) is 0. The van der Waals surface area contributed by atoms with Crippen molar-refractivity contribution in [3.8, 4) is 5.75 Å². The number of piperidine rings is 1. The number of guanidine groups is 1. The zero-order valence-electron chi connectivity index (χ0n) is 16.3. The van der Waals surface area contributed by atoms with E-state index in [1.54, 1.807) is 18.2 Å². The first kappa shape index (κ1) is 22.8. The second-order valence-corrected chi connectivity index (χ2v) is 7.53. The summed E-state index contributed by atoms with van der Waals surface area (Å²) in [6.45, 7) is 9.90. The fourth-order valence-corrected chi connectivity index (χ4v) is 3.33. The van der Waals surface area contributed by atoms with E-state index in [4.69, 9.17) is 27.9 Å². The SMILES string of the molecule is C=CCN1CCC(NC(=NCC(O)COc2cccc(Cl)c2Cl)NCC)CC1. The summed E-state index contributed by atoms with van der Waals surface area (Å²) in [4.78, 5) is 6.88. The Morgan fingerprint density at radius 1 is 1.43 bits per heavy atom. The molecule has 8 heteroatoms. The second kappa shape index (κ2) is 12.2. The number of nitrogens with zero attached hydrogens (tertiary/aromatic N) is 2. The first-order valence-electron chi connectivity index (χ1n) is 9.66. The largest absolute Gasteiger partial charge is 0.489 e. The Labute approximate surface area is 177 Å². The minimum atomic E-state index is -0.750.